The number of hydrogen-bond donors (Lipinski definition) is 1. The quantitative estimate of drug-likeness (QED) is 0.744. The molecule has 1 amide bonds. The molecule has 22 heavy (non-hydrogen) atoms. The largest absolute Gasteiger partial charge is 0.352 e. The zero-order valence-corrected chi connectivity index (χ0v) is 15.2. The Morgan fingerprint density at radius 3 is 2.64 bits per heavy atom. The topological polar surface area (TPSA) is 42.0 Å². The number of hydrogen-bond acceptors (Lipinski definition) is 3. The molecule has 3 rings (SSSR count). The van der Waals surface area contributed by atoms with Crippen LogP contribution in [0.25, 0.3) is 21.1 Å². The van der Waals surface area contributed by atoms with Gasteiger partial charge in [0.1, 0.15) is 4.83 Å². The van der Waals surface area contributed by atoms with Gasteiger partial charge >= 0.3 is 0 Å². The van der Waals surface area contributed by atoms with Gasteiger partial charge in [-0.2, -0.15) is 0 Å². The van der Waals surface area contributed by atoms with Gasteiger partial charge in [-0.1, -0.05) is 37.0 Å². The summed E-state index contributed by atoms with van der Waals surface area (Å²) in [5, 5.41) is 6.48. The van der Waals surface area contributed by atoms with E-state index in [4.69, 9.17) is 4.98 Å². The number of carbonyl (C=O) groups excluding carboxylic acids is 1. The molecule has 0 unspecified atom stereocenters. The molecule has 3 nitrogen and oxygen atoms in total. The Morgan fingerprint density at radius 2 is 1.95 bits per heavy atom. The third-order valence-electron chi connectivity index (χ3n) is 3.73. The number of thiophene rings is 1. The third-order valence-corrected chi connectivity index (χ3v) is 6.81. The summed E-state index contributed by atoms with van der Waals surface area (Å²) in [5.41, 5.74) is 0.999. The Balaban J connectivity index is 2.13. The Kier molecular flexibility index (Phi) is 3.78. The van der Waals surface area contributed by atoms with Crippen LogP contribution in [0.15, 0.2) is 30.3 Å². The lowest BCUT2D eigenvalue weighted by Gasteiger charge is -2.16. The lowest BCUT2D eigenvalue weighted by molar-refractivity contribution is 0.0960. The SMILES string of the molecule is CCNC(=O)c1cc2cc3cc([Si](C)(C)C)ccc3nc2s1. The molecule has 1 aromatic carbocycles. The van der Waals surface area contributed by atoms with Crippen molar-refractivity contribution in [2.45, 2.75) is 26.6 Å². The highest BCUT2D eigenvalue weighted by Crippen LogP contribution is 2.27. The zero-order chi connectivity index (χ0) is 15.9. The van der Waals surface area contributed by atoms with E-state index in [1.807, 2.05) is 13.0 Å². The van der Waals surface area contributed by atoms with Crippen LogP contribution in [0.3, 0.4) is 0 Å². The fourth-order valence-electron chi connectivity index (χ4n) is 2.46. The molecule has 3 aromatic rings. The number of pyridine rings is 1. The van der Waals surface area contributed by atoms with Gasteiger partial charge in [0.25, 0.3) is 5.91 Å². The zero-order valence-electron chi connectivity index (χ0n) is 13.4. The van der Waals surface area contributed by atoms with Crippen LogP contribution in [0.5, 0.6) is 0 Å². The van der Waals surface area contributed by atoms with Gasteiger partial charge < -0.3 is 5.32 Å². The first kappa shape index (κ1) is 15.2. The molecule has 2 aromatic heterocycles. The number of rotatable bonds is 3. The number of carbonyl (C=O) groups is 1. The Morgan fingerprint density at radius 1 is 1.18 bits per heavy atom. The van der Waals surface area contributed by atoms with Gasteiger partial charge in [0.15, 0.2) is 0 Å². The van der Waals surface area contributed by atoms with E-state index in [1.165, 1.54) is 16.5 Å². The van der Waals surface area contributed by atoms with Crippen LogP contribution in [0.2, 0.25) is 19.6 Å². The van der Waals surface area contributed by atoms with Crippen LogP contribution in [-0.2, 0) is 0 Å². The molecule has 0 aliphatic heterocycles. The van der Waals surface area contributed by atoms with Gasteiger partial charge in [0.05, 0.1) is 18.5 Å². The summed E-state index contributed by atoms with van der Waals surface area (Å²) in [6.07, 6.45) is 0. The van der Waals surface area contributed by atoms with Gasteiger partial charge in [0, 0.05) is 17.3 Å². The van der Waals surface area contributed by atoms with E-state index in [-0.39, 0.29) is 5.91 Å². The monoisotopic (exact) mass is 328 g/mol. The van der Waals surface area contributed by atoms with Crippen molar-refractivity contribution in [1.29, 1.82) is 0 Å². The fourth-order valence-corrected chi connectivity index (χ4v) is 4.57. The van der Waals surface area contributed by atoms with E-state index in [2.05, 4.69) is 49.2 Å². The maximum Gasteiger partial charge on any atom is 0.261 e. The number of benzene rings is 1. The minimum atomic E-state index is -1.33. The van der Waals surface area contributed by atoms with E-state index in [9.17, 15) is 4.79 Å². The van der Waals surface area contributed by atoms with Gasteiger partial charge in [-0.3, -0.25) is 4.79 Å². The predicted octanol–water partition coefficient (Wildman–Crippen LogP) is 3.74. The molecule has 2 heterocycles. The average Bonchev–Trinajstić information content (AvgIpc) is 2.86. The van der Waals surface area contributed by atoms with Crippen molar-refractivity contribution in [3.05, 3.63) is 35.2 Å². The van der Waals surface area contributed by atoms with E-state index in [0.29, 0.717) is 6.54 Å². The van der Waals surface area contributed by atoms with Crippen molar-refractivity contribution in [2.24, 2.45) is 0 Å². The predicted molar refractivity (Wildman–Crippen MR) is 98.1 cm³/mol. The Labute approximate surface area is 135 Å². The van der Waals surface area contributed by atoms with E-state index >= 15 is 0 Å². The van der Waals surface area contributed by atoms with Crippen molar-refractivity contribution >= 4 is 51.6 Å². The fraction of sp³-hybridized carbons (Fsp3) is 0.294. The maximum absolute atomic E-state index is 12.0. The molecule has 0 fully saturated rings. The molecule has 0 radical (unpaired) electrons. The molecule has 5 heteroatoms. The van der Waals surface area contributed by atoms with Crippen LogP contribution in [-0.4, -0.2) is 25.5 Å². The first-order valence-electron chi connectivity index (χ1n) is 7.51. The normalized spacial score (nSPS) is 12.0. The molecular formula is C17H20N2OSSi. The van der Waals surface area contributed by atoms with E-state index in [1.54, 1.807) is 0 Å². The molecule has 0 bridgehead atoms. The summed E-state index contributed by atoms with van der Waals surface area (Å²) in [5.74, 6) is -0.0163. The van der Waals surface area contributed by atoms with Gasteiger partial charge in [0.2, 0.25) is 0 Å². The van der Waals surface area contributed by atoms with Crippen molar-refractivity contribution in [1.82, 2.24) is 10.3 Å². The minimum Gasteiger partial charge on any atom is -0.352 e. The smallest absolute Gasteiger partial charge is 0.261 e. The number of amides is 1. The lowest BCUT2D eigenvalue weighted by Crippen LogP contribution is -2.37. The van der Waals surface area contributed by atoms with Crippen molar-refractivity contribution < 1.29 is 4.79 Å². The Bertz CT molecular complexity index is 864. The van der Waals surface area contributed by atoms with Crippen LogP contribution >= 0.6 is 11.3 Å². The van der Waals surface area contributed by atoms with Crippen molar-refractivity contribution in [3.63, 3.8) is 0 Å². The number of nitrogens with zero attached hydrogens (tertiary/aromatic N) is 1. The second kappa shape index (κ2) is 5.48. The standard InChI is InChI=1S/C17H20N2OSSi/c1-5-18-16(20)15-10-12-8-11-9-13(22(2,3)4)6-7-14(11)19-17(12)21-15/h6-10H,5H2,1-4H3,(H,18,20). The summed E-state index contributed by atoms with van der Waals surface area (Å²) >= 11 is 1.46. The van der Waals surface area contributed by atoms with Gasteiger partial charge in [-0.15, -0.1) is 11.3 Å². The average molecular weight is 329 g/mol. The maximum atomic E-state index is 12.0. The van der Waals surface area contributed by atoms with Gasteiger partial charge in [-0.05, 0) is 25.1 Å². The molecular weight excluding hydrogens is 308 g/mol. The van der Waals surface area contributed by atoms with Crippen molar-refractivity contribution in [3.8, 4) is 0 Å². The molecule has 0 saturated carbocycles. The minimum absolute atomic E-state index is 0.0163. The van der Waals surface area contributed by atoms with E-state index in [0.717, 1.165) is 26.0 Å². The lowest BCUT2D eigenvalue weighted by atomic mass is 10.2. The molecule has 0 aliphatic rings. The molecule has 0 atom stereocenters. The second-order valence-electron chi connectivity index (χ2n) is 6.51. The summed E-state index contributed by atoms with van der Waals surface area (Å²) < 4.78 is 0. The van der Waals surface area contributed by atoms with Gasteiger partial charge in [-0.25, -0.2) is 4.98 Å². The highest BCUT2D eigenvalue weighted by atomic mass is 32.1. The molecule has 0 aliphatic carbocycles. The molecule has 114 valence electrons. The number of nitrogens with one attached hydrogen (secondary N) is 1. The van der Waals surface area contributed by atoms with Crippen LogP contribution < -0.4 is 10.5 Å². The van der Waals surface area contributed by atoms with Crippen LogP contribution in [0.1, 0.15) is 16.6 Å². The first-order valence-corrected chi connectivity index (χ1v) is 11.8. The highest BCUT2D eigenvalue weighted by molar-refractivity contribution is 7.20. The summed E-state index contributed by atoms with van der Waals surface area (Å²) in [7, 11) is -1.33. The third kappa shape index (κ3) is 2.78. The Hall–Kier alpha value is -1.72. The molecule has 1 N–H and O–H groups in total. The van der Waals surface area contributed by atoms with Crippen LogP contribution in [0.4, 0.5) is 0 Å². The van der Waals surface area contributed by atoms with Crippen LogP contribution in [0, 0.1) is 0 Å². The first-order chi connectivity index (χ1) is 10.4. The molecule has 0 spiro atoms. The number of aromatic nitrogens is 1. The highest BCUT2D eigenvalue weighted by Gasteiger charge is 2.17. The summed E-state index contributed by atoms with van der Waals surface area (Å²) in [6, 6.07) is 10.7. The van der Waals surface area contributed by atoms with E-state index < -0.39 is 8.07 Å². The second-order valence-corrected chi connectivity index (χ2v) is 12.6. The van der Waals surface area contributed by atoms with Crippen molar-refractivity contribution in [2.75, 3.05) is 6.54 Å². The number of fused-ring (bicyclic) bond motifs is 2. The summed E-state index contributed by atoms with van der Waals surface area (Å²) in [6.45, 7) is 9.60. The molecule has 0 saturated heterocycles. The summed E-state index contributed by atoms with van der Waals surface area (Å²) in [4.78, 5) is 18.3.